The lowest BCUT2D eigenvalue weighted by Gasteiger charge is -2.21. The zero-order chi connectivity index (χ0) is 68.9. The van der Waals surface area contributed by atoms with Gasteiger partial charge in [0.05, 0.1) is 26.4 Å². The molecule has 0 saturated heterocycles. The van der Waals surface area contributed by atoms with E-state index in [1.165, 1.54) is 167 Å². The van der Waals surface area contributed by atoms with Crippen molar-refractivity contribution in [1.82, 2.24) is 0 Å². The van der Waals surface area contributed by atoms with E-state index < -0.39 is 97.5 Å². The van der Waals surface area contributed by atoms with Crippen LogP contribution in [0, 0.1) is 23.7 Å². The molecule has 0 radical (unpaired) electrons. The monoisotopic (exact) mass is 1370 g/mol. The smallest absolute Gasteiger partial charge is 0.462 e. The van der Waals surface area contributed by atoms with Gasteiger partial charge < -0.3 is 33.8 Å². The number of phosphoric acid groups is 2. The predicted molar refractivity (Wildman–Crippen MR) is 377 cm³/mol. The maximum absolute atomic E-state index is 13.0. The molecular weight excluding hydrogens is 1220 g/mol. The van der Waals surface area contributed by atoms with Crippen LogP contribution < -0.4 is 0 Å². The highest BCUT2D eigenvalue weighted by Gasteiger charge is 2.30. The van der Waals surface area contributed by atoms with E-state index in [2.05, 4.69) is 55.4 Å². The Hall–Kier alpha value is -1.94. The van der Waals surface area contributed by atoms with Gasteiger partial charge in [-0.05, 0) is 49.4 Å². The third-order valence-corrected chi connectivity index (χ3v) is 19.3. The Kier molecular flexibility index (Phi) is 62.2. The molecule has 0 heterocycles. The van der Waals surface area contributed by atoms with Crippen LogP contribution in [0.4, 0.5) is 0 Å². The van der Waals surface area contributed by atoms with Crippen molar-refractivity contribution in [2.75, 3.05) is 39.6 Å². The zero-order valence-corrected chi connectivity index (χ0v) is 62.7. The van der Waals surface area contributed by atoms with Crippen molar-refractivity contribution in [3.8, 4) is 0 Å². The van der Waals surface area contributed by atoms with E-state index in [-0.39, 0.29) is 25.7 Å². The minimum atomic E-state index is -4.95. The van der Waals surface area contributed by atoms with Gasteiger partial charge in [-0.1, -0.05) is 319 Å². The highest BCUT2D eigenvalue weighted by atomic mass is 31.2. The number of rotatable bonds is 71. The minimum absolute atomic E-state index is 0.103. The summed E-state index contributed by atoms with van der Waals surface area (Å²) in [5.74, 6) is 0.866. The number of hydrogen-bond acceptors (Lipinski definition) is 15. The fraction of sp³-hybridized carbons (Fsp3) is 0.946. The summed E-state index contributed by atoms with van der Waals surface area (Å²) in [5.41, 5.74) is 0. The van der Waals surface area contributed by atoms with E-state index in [1.807, 2.05) is 0 Å². The SMILES string of the molecule is CCC(C)CCCCCCCCCCCCCCCCCCCCC(=O)O[C@H](COC(=O)CCCCCCCCC(C)C)COP(=O)(O)OCC(O)COP(=O)(O)OC[C@@H](COC(=O)CCCCCCCCCCC(C)C)OC(=O)CCCCCCCCCCC(C)C. The van der Waals surface area contributed by atoms with E-state index in [0.29, 0.717) is 31.6 Å². The maximum atomic E-state index is 13.0. The molecule has 0 aromatic rings. The quantitative estimate of drug-likeness (QED) is 0.0222. The van der Waals surface area contributed by atoms with Gasteiger partial charge in [0.15, 0.2) is 12.2 Å². The van der Waals surface area contributed by atoms with Crippen LogP contribution in [-0.2, 0) is 65.4 Å². The largest absolute Gasteiger partial charge is 0.472 e. The third-order valence-electron chi connectivity index (χ3n) is 17.4. The second-order valence-corrected chi connectivity index (χ2v) is 31.3. The van der Waals surface area contributed by atoms with Crippen LogP contribution >= 0.6 is 15.6 Å². The summed E-state index contributed by atoms with van der Waals surface area (Å²) in [6.07, 6.45) is 47.6. The maximum Gasteiger partial charge on any atom is 0.472 e. The van der Waals surface area contributed by atoms with Crippen molar-refractivity contribution in [2.45, 2.75) is 388 Å². The third kappa shape index (κ3) is 67.0. The topological polar surface area (TPSA) is 237 Å². The number of ether oxygens (including phenoxy) is 4. The minimum Gasteiger partial charge on any atom is -0.462 e. The second-order valence-electron chi connectivity index (χ2n) is 28.4. The lowest BCUT2D eigenvalue weighted by Crippen LogP contribution is -2.30. The van der Waals surface area contributed by atoms with Crippen LogP contribution in [0.15, 0.2) is 0 Å². The van der Waals surface area contributed by atoms with E-state index in [1.54, 1.807) is 0 Å². The number of hydrogen-bond donors (Lipinski definition) is 3. The number of carbonyl (C=O) groups is 4. The molecule has 4 unspecified atom stereocenters. The molecule has 0 aliphatic carbocycles. The molecule has 0 amide bonds. The Morgan fingerprint density at radius 3 is 0.763 bits per heavy atom. The van der Waals surface area contributed by atoms with Gasteiger partial charge in [0.2, 0.25) is 0 Å². The first-order chi connectivity index (χ1) is 44.6. The fourth-order valence-electron chi connectivity index (χ4n) is 11.2. The van der Waals surface area contributed by atoms with Gasteiger partial charge in [-0.3, -0.25) is 37.3 Å². The Bertz CT molecular complexity index is 1840. The van der Waals surface area contributed by atoms with Crippen LogP contribution in [-0.4, -0.2) is 96.7 Å². The average Bonchev–Trinajstić information content (AvgIpc) is 2.06. The Balaban J connectivity index is 5.14. The number of unbranched alkanes of at least 4 members (excludes halogenated alkanes) is 36. The van der Waals surface area contributed by atoms with E-state index >= 15 is 0 Å². The van der Waals surface area contributed by atoms with Gasteiger partial charge in [-0.25, -0.2) is 9.13 Å². The fourth-order valence-corrected chi connectivity index (χ4v) is 12.7. The summed E-state index contributed by atoms with van der Waals surface area (Å²) in [6, 6.07) is 0. The first-order valence-electron chi connectivity index (χ1n) is 38.2. The van der Waals surface area contributed by atoms with E-state index in [9.17, 15) is 43.2 Å². The molecule has 19 heteroatoms. The molecule has 17 nitrogen and oxygen atoms in total. The summed E-state index contributed by atoms with van der Waals surface area (Å²) in [6.45, 7) is 14.1. The normalized spacial score (nSPS) is 14.5. The van der Waals surface area contributed by atoms with Crippen LogP contribution in [0.3, 0.4) is 0 Å². The average molecular weight is 1370 g/mol. The molecule has 552 valence electrons. The Morgan fingerprint density at radius 1 is 0.301 bits per heavy atom. The van der Waals surface area contributed by atoms with Gasteiger partial charge in [0.1, 0.15) is 19.3 Å². The van der Waals surface area contributed by atoms with E-state index in [4.69, 9.17) is 37.0 Å². The standard InChI is InChI=1S/C74H144O17P2/c1-9-67(8)53-45-37-28-20-18-16-14-12-10-11-13-15-17-19-21-30-40-48-56-73(78)90-70(61-85-72(77)55-47-39-33-32-36-44-52-66(6)7)63-89-93(82,83)87-59-68(75)58-86-92(80,81)88-62-69(91-74(79)57-49-41-31-25-23-27-35-43-51-65(4)5)60-84-71(76)54-46-38-29-24-22-26-34-42-50-64(2)3/h64-70,75H,9-63H2,1-8H3,(H,80,81)(H,82,83)/t67?,68?,69-,70-/m1/s1. The molecule has 0 aliphatic rings. The number of phosphoric ester groups is 2. The van der Waals surface area contributed by atoms with Gasteiger partial charge >= 0.3 is 39.5 Å². The van der Waals surface area contributed by atoms with Crippen molar-refractivity contribution in [3.63, 3.8) is 0 Å². The van der Waals surface area contributed by atoms with Gasteiger partial charge in [-0.2, -0.15) is 0 Å². The Morgan fingerprint density at radius 2 is 0.516 bits per heavy atom. The summed E-state index contributed by atoms with van der Waals surface area (Å²) in [7, 11) is -9.91. The molecule has 0 spiro atoms. The van der Waals surface area contributed by atoms with Crippen molar-refractivity contribution < 1.29 is 80.2 Å². The molecule has 0 aliphatic heterocycles. The Labute approximate surface area is 568 Å². The molecule has 6 atom stereocenters. The predicted octanol–water partition coefficient (Wildman–Crippen LogP) is 21.3. The van der Waals surface area contributed by atoms with Crippen molar-refractivity contribution in [2.24, 2.45) is 23.7 Å². The first kappa shape index (κ1) is 91.1. The molecule has 0 aromatic heterocycles. The van der Waals surface area contributed by atoms with Crippen LogP contribution in [0.25, 0.3) is 0 Å². The lowest BCUT2D eigenvalue weighted by atomic mass is 9.99. The number of esters is 4. The van der Waals surface area contributed by atoms with Crippen LogP contribution in [0.5, 0.6) is 0 Å². The number of aliphatic hydroxyl groups is 1. The number of aliphatic hydroxyl groups excluding tert-OH is 1. The molecule has 0 saturated carbocycles. The van der Waals surface area contributed by atoms with E-state index in [0.717, 1.165) is 114 Å². The highest BCUT2D eigenvalue weighted by molar-refractivity contribution is 7.47. The zero-order valence-electron chi connectivity index (χ0n) is 60.9. The molecule has 0 rings (SSSR count). The molecular formula is C74H144O17P2. The first-order valence-corrected chi connectivity index (χ1v) is 41.2. The highest BCUT2D eigenvalue weighted by Crippen LogP contribution is 2.45. The summed E-state index contributed by atoms with van der Waals surface area (Å²) in [4.78, 5) is 72.6. The van der Waals surface area contributed by atoms with Gasteiger partial charge in [0, 0.05) is 25.7 Å². The van der Waals surface area contributed by atoms with Crippen molar-refractivity contribution >= 4 is 39.5 Å². The molecule has 93 heavy (non-hydrogen) atoms. The van der Waals surface area contributed by atoms with Gasteiger partial charge in [0.25, 0.3) is 0 Å². The second kappa shape index (κ2) is 63.5. The number of carbonyl (C=O) groups excluding carboxylic acids is 4. The van der Waals surface area contributed by atoms with Gasteiger partial charge in [-0.15, -0.1) is 0 Å². The molecule has 0 fully saturated rings. The summed E-state index contributed by atoms with van der Waals surface area (Å²) >= 11 is 0. The molecule has 0 aromatic carbocycles. The van der Waals surface area contributed by atoms with Crippen molar-refractivity contribution in [3.05, 3.63) is 0 Å². The molecule has 3 N–H and O–H groups in total. The van der Waals surface area contributed by atoms with Crippen LogP contribution in [0.1, 0.15) is 370 Å². The summed E-state index contributed by atoms with van der Waals surface area (Å²) in [5, 5.41) is 10.6. The van der Waals surface area contributed by atoms with Crippen LogP contribution in [0.2, 0.25) is 0 Å². The van der Waals surface area contributed by atoms with Crippen molar-refractivity contribution in [1.29, 1.82) is 0 Å². The lowest BCUT2D eigenvalue weighted by molar-refractivity contribution is -0.161. The molecule has 0 bridgehead atoms. The summed E-state index contributed by atoms with van der Waals surface area (Å²) < 4.78 is 68.3.